The second-order valence-corrected chi connectivity index (χ2v) is 2.73. The van der Waals surface area contributed by atoms with Crippen molar-refractivity contribution in [3.05, 3.63) is 35.4 Å². The maximum absolute atomic E-state index is 13.0. The number of ether oxygens (including phenoxy) is 1. The van der Waals surface area contributed by atoms with Crippen LogP contribution in [0.5, 0.6) is 0 Å². The number of hydrogen-bond acceptors (Lipinski definition) is 2. The minimum Gasteiger partial charge on any atom is -0.383 e. The fraction of sp³-hybridized carbons (Fsp3) is 0.333. The molecule has 13 heavy (non-hydrogen) atoms. The molecule has 0 saturated carbocycles. The Labute approximate surface area is 75.3 Å². The van der Waals surface area contributed by atoms with Crippen LogP contribution in [0.25, 0.3) is 0 Å². The Bertz CT molecular complexity index is 291. The summed E-state index contributed by atoms with van der Waals surface area (Å²) in [5.74, 6) is -1.24. The van der Waals surface area contributed by atoms with Gasteiger partial charge in [-0.25, -0.2) is 8.78 Å². The lowest BCUT2D eigenvalue weighted by Gasteiger charge is -2.11. The molecule has 4 heteroatoms. The van der Waals surface area contributed by atoms with Crippen LogP contribution in [-0.2, 0) is 4.74 Å². The maximum Gasteiger partial charge on any atom is 0.130 e. The predicted molar refractivity (Wildman–Crippen MR) is 45.2 cm³/mol. The molecule has 0 saturated heterocycles. The molecule has 0 heterocycles. The lowest BCUT2D eigenvalue weighted by atomic mass is 10.1. The van der Waals surface area contributed by atoms with E-state index in [0.717, 1.165) is 6.07 Å². The third kappa shape index (κ3) is 2.47. The molecule has 2 N–H and O–H groups in total. The second-order valence-electron chi connectivity index (χ2n) is 2.73. The van der Waals surface area contributed by atoms with Crippen molar-refractivity contribution in [3.8, 4) is 0 Å². The molecule has 0 aliphatic heterocycles. The third-order valence-electron chi connectivity index (χ3n) is 1.71. The van der Waals surface area contributed by atoms with Gasteiger partial charge in [0, 0.05) is 18.7 Å². The first-order valence-corrected chi connectivity index (χ1v) is 3.84. The Morgan fingerprint density at radius 1 is 1.46 bits per heavy atom. The van der Waals surface area contributed by atoms with Gasteiger partial charge in [0.15, 0.2) is 0 Å². The van der Waals surface area contributed by atoms with Gasteiger partial charge in [-0.3, -0.25) is 0 Å². The third-order valence-corrected chi connectivity index (χ3v) is 1.71. The molecule has 1 atom stereocenters. The van der Waals surface area contributed by atoms with E-state index in [-0.39, 0.29) is 12.2 Å². The minimum atomic E-state index is -0.635. The van der Waals surface area contributed by atoms with E-state index in [1.807, 2.05) is 0 Å². The Hall–Kier alpha value is -1.00. The highest BCUT2D eigenvalue weighted by Gasteiger charge is 2.11. The predicted octanol–water partition coefficient (Wildman–Crippen LogP) is 1.61. The first kappa shape index (κ1) is 10.1. The molecule has 1 unspecified atom stereocenters. The summed E-state index contributed by atoms with van der Waals surface area (Å²) < 4.78 is 30.3. The summed E-state index contributed by atoms with van der Waals surface area (Å²) in [5.41, 5.74) is 5.84. The van der Waals surface area contributed by atoms with E-state index in [9.17, 15) is 8.78 Å². The molecule has 0 aromatic heterocycles. The number of nitrogens with two attached hydrogens (primary N) is 1. The zero-order valence-electron chi connectivity index (χ0n) is 7.26. The molecule has 0 spiro atoms. The highest BCUT2D eigenvalue weighted by molar-refractivity contribution is 5.21. The largest absolute Gasteiger partial charge is 0.383 e. The summed E-state index contributed by atoms with van der Waals surface area (Å²) in [6.07, 6.45) is 0. The van der Waals surface area contributed by atoms with Crippen LogP contribution in [0.2, 0.25) is 0 Å². The number of rotatable bonds is 3. The molecule has 0 amide bonds. The standard InChI is InChI=1S/C9H11F2NO/c1-13-5-9(12)7-3-2-6(10)4-8(7)11/h2-4,9H,5,12H2,1H3. The molecule has 72 valence electrons. The zero-order valence-corrected chi connectivity index (χ0v) is 7.26. The van der Waals surface area contributed by atoms with Crippen LogP contribution in [0.1, 0.15) is 11.6 Å². The van der Waals surface area contributed by atoms with Gasteiger partial charge in [-0.15, -0.1) is 0 Å². The van der Waals surface area contributed by atoms with Gasteiger partial charge in [0.05, 0.1) is 12.6 Å². The molecular weight excluding hydrogens is 176 g/mol. The molecule has 0 aliphatic rings. The van der Waals surface area contributed by atoms with Crippen LogP contribution in [-0.4, -0.2) is 13.7 Å². The summed E-state index contributed by atoms with van der Waals surface area (Å²) >= 11 is 0. The lowest BCUT2D eigenvalue weighted by molar-refractivity contribution is 0.179. The maximum atomic E-state index is 13.0. The smallest absolute Gasteiger partial charge is 0.130 e. The van der Waals surface area contributed by atoms with Crippen molar-refractivity contribution in [1.82, 2.24) is 0 Å². The summed E-state index contributed by atoms with van der Waals surface area (Å²) in [6, 6.07) is 2.76. The topological polar surface area (TPSA) is 35.2 Å². The van der Waals surface area contributed by atoms with Gasteiger partial charge in [0.25, 0.3) is 0 Å². The number of hydrogen-bond donors (Lipinski definition) is 1. The van der Waals surface area contributed by atoms with Crippen LogP contribution < -0.4 is 5.73 Å². The van der Waals surface area contributed by atoms with E-state index in [0.29, 0.717) is 0 Å². The van der Waals surface area contributed by atoms with Crippen LogP contribution in [0.15, 0.2) is 18.2 Å². The number of halogens is 2. The highest BCUT2D eigenvalue weighted by Crippen LogP contribution is 2.16. The van der Waals surface area contributed by atoms with Gasteiger partial charge in [0.2, 0.25) is 0 Å². The summed E-state index contributed by atoms with van der Waals surface area (Å²) in [6.45, 7) is 0.211. The highest BCUT2D eigenvalue weighted by atomic mass is 19.1. The van der Waals surface area contributed by atoms with Gasteiger partial charge < -0.3 is 10.5 Å². The average molecular weight is 187 g/mol. The molecule has 0 fully saturated rings. The normalized spacial score (nSPS) is 12.9. The Morgan fingerprint density at radius 2 is 2.15 bits per heavy atom. The Morgan fingerprint density at radius 3 is 2.69 bits per heavy atom. The van der Waals surface area contributed by atoms with Crippen molar-refractivity contribution >= 4 is 0 Å². The monoisotopic (exact) mass is 187 g/mol. The first-order valence-electron chi connectivity index (χ1n) is 3.84. The molecule has 0 radical (unpaired) electrons. The summed E-state index contributed by atoms with van der Waals surface area (Å²) in [7, 11) is 1.47. The van der Waals surface area contributed by atoms with Crippen molar-refractivity contribution in [2.75, 3.05) is 13.7 Å². The van der Waals surface area contributed by atoms with Crippen molar-refractivity contribution in [3.63, 3.8) is 0 Å². The van der Waals surface area contributed by atoms with E-state index in [2.05, 4.69) is 0 Å². The quantitative estimate of drug-likeness (QED) is 0.780. The van der Waals surface area contributed by atoms with Gasteiger partial charge in [-0.2, -0.15) is 0 Å². The van der Waals surface area contributed by atoms with Crippen LogP contribution in [0.3, 0.4) is 0 Å². The molecule has 1 rings (SSSR count). The van der Waals surface area contributed by atoms with E-state index in [1.165, 1.54) is 19.2 Å². The fourth-order valence-electron chi connectivity index (χ4n) is 1.07. The van der Waals surface area contributed by atoms with Gasteiger partial charge in [0.1, 0.15) is 11.6 Å². The lowest BCUT2D eigenvalue weighted by Crippen LogP contribution is -2.17. The van der Waals surface area contributed by atoms with Gasteiger partial charge >= 0.3 is 0 Å². The molecule has 1 aromatic carbocycles. The molecule has 2 nitrogen and oxygen atoms in total. The summed E-state index contributed by atoms with van der Waals surface area (Å²) in [4.78, 5) is 0. The Kier molecular flexibility index (Phi) is 3.33. The Balaban J connectivity index is 2.88. The van der Waals surface area contributed by atoms with Crippen molar-refractivity contribution in [1.29, 1.82) is 0 Å². The van der Waals surface area contributed by atoms with E-state index < -0.39 is 17.7 Å². The first-order chi connectivity index (χ1) is 6.15. The van der Waals surface area contributed by atoms with Crippen LogP contribution in [0, 0.1) is 11.6 Å². The van der Waals surface area contributed by atoms with Crippen LogP contribution >= 0.6 is 0 Å². The van der Waals surface area contributed by atoms with Crippen molar-refractivity contribution < 1.29 is 13.5 Å². The number of benzene rings is 1. The van der Waals surface area contributed by atoms with Gasteiger partial charge in [-0.05, 0) is 6.07 Å². The minimum absolute atomic E-state index is 0.211. The SMILES string of the molecule is COCC(N)c1ccc(F)cc1F. The number of methoxy groups -OCH3 is 1. The van der Waals surface area contributed by atoms with E-state index in [4.69, 9.17) is 10.5 Å². The average Bonchev–Trinajstić information content (AvgIpc) is 2.04. The molecule has 0 bridgehead atoms. The zero-order chi connectivity index (χ0) is 9.84. The van der Waals surface area contributed by atoms with Crippen molar-refractivity contribution in [2.45, 2.75) is 6.04 Å². The van der Waals surface area contributed by atoms with Crippen molar-refractivity contribution in [2.24, 2.45) is 5.73 Å². The summed E-state index contributed by atoms with van der Waals surface area (Å²) in [5, 5.41) is 0. The van der Waals surface area contributed by atoms with E-state index >= 15 is 0 Å². The second kappa shape index (κ2) is 4.30. The molecular formula is C9H11F2NO. The molecule has 1 aromatic rings. The molecule has 0 aliphatic carbocycles. The fourth-order valence-corrected chi connectivity index (χ4v) is 1.07. The van der Waals surface area contributed by atoms with Gasteiger partial charge in [-0.1, -0.05) is 6.07 Å². The van der Waals surface area contributed by atoms with Crippen LogP contribution in [0.4, 0.5) is 8.78 Å². The van der Waals surface area contributed by atoms with E-state index in [1.54, 1.807) is 0 Å².